The lowest BCUT2D eigenvalue weighted by molar-refractivity contribution is -0.115. The molecule has 2 aromatic rings. The Balaban J connectivity index is 2.10. The van der Waals surface area contributed by atoms with Gasteiger partial charge in [-0.25, -0.2) is 0 Å². The third-order valence-electron chi connectivity index (χ3n) is 3.28. The lowest BCUT2D eigenvalue weighted by Gasteiger charge is -2.14. The number of hydrogen-bond acceptors (Lipinski definition) is 5. The van der Waals surface area contributed by atoms with E-state index in [0.717, 1.165) is 5.82 Å². The molecule has 0 aliphatic rings. The number of thioether (sulfide) groups is 1. The number of carbonyl (C=O) groups excluding carboxylic acids is 1. The number of ether oxygens (including phenoxy) is 1. The van der Waals surface area contributed by atoms with Crippen molar-refractivity contribution in [2.75, 3.05) is 12.4 Å². The van der Waals surface area contributed by atoms with E-state index in [1.54, 1.807) is 31.2 Å². The smallest absolute Gasteiger partial charge is 0.237 e. The second-order valence-corrected chi connectivity index (χ2v) is 6.77. The Labute approximate surface area is 150 Å². The number of rotatable bonds is 7. The molecule has 0 fully saturated rings. The molecule has 1 unspecified atom stereocenters. The first-order chi connectivity index (χ1) is 11.5. The Kier molecular flexibility index (Phi) is 6.28. The molecule has 0 spiro atoms. The number of aromatic nitrogens is 3. The molecule has 0 saturated carbocycles. The zero-order chi connectivity index (χ0) is 17.7. The quantitative estimate of drug-likeness (QED) is 0.599. The topological polar surface area (TPSA) is 69.0 Å². The highest BCUT2D eigenvalue weighted by Crippen LogP contribution is 2.29. The summed E-state index contributed by atoms with van der Waals surface area (Å²) in [5, 5.41) is 11.8. The summed E-state index contributed by atoms with van der Waals surface area (Å²) in [6, 6.07) is 5.06. The average molecular weight is 367 g/mol. The molecule has 0 radical (unpaired) electrons. The van der Waals surface area contributed by atoms with Crippen LogP contribution in [-0.4, -0.2) is 33.0 Å². The average Bonchev–Trinajstić information content (AvgIpc) is 2.88. The number of amides is 1. The van der Waals surface area contributed by atoms with Crippen LogP contribution in [0.4, 0.5) is 5.69 Å². The predicted octanol–water partition coefficient (Wildman–Crippen LogP) is 3.55. The van der Waals surface area contributed by atoms with Gasteiger partial charge in [-0.3, -0.25) is 4.79 Å². The van der Waals surface area contributed by atoms with Crippen LogP contribution in [0.5, 0.6) is 5.75 Å². The molecule has 0 saturated heterocycles. The van der Waals surface area contributed by atoms with Crippen LogP contribution in [0.2, 0.25) is 5.02 Å². The number of anilines is 1. The summed E-state index contributed by atoms with van der Waals surface area (Å²) in [6.45, 7) is 7.99. The summed E-state index contributed by atoms with van der Waals surface area (Å²) in [6.07, 6.45) is 1.77. The fourth-order valence-corrected chi connectivity index (χ4v) is 3.09. The van der Waals surface area contributed by atoms with E-state index >= 15 is 0 Å². The molecule has 1 atom stereocenters. The molecule has 1 heterocycles. The highest BCUT2D eigenvalue weighted by atomic mass is 35.5. The van der Waals surface area contributed by atoms with Crippen LogP contribution < -0.4 is 10.1 Å². The van der Waals surface area contributed by atoms with Gasteiger partial charge in [0.2, 0.25) is 5.91 Å². The lowest BCUT2D eigenvalue weighted by Crippen LogP contribution is -2.23. The molecule has 1 aromatic carbocycles. The minimum absolute atomic E-state index is 0.175. The molecule has 1 N–H and O–H groups in total. The third kappa shape index (κ3) is 4.30. The second-order valence-electron chi connectivity index (χ2n) is 5.02. The molecular weight excluding hydrogens is 348 g/mol. The summed E-state index contributed by atoms with van der Waals surface area (Å²) in [7, 11) is 1.54. The molecule has 0 aliphatic heterocycles. The van der Waals surface area contributed by atoms with Gasteiger partial charge < -0.3 is 14.6 Å². The van der Waals surface area contributed by atoms with Crippen molar-refractivity contribution in [2.24, 2.45) is 0 Å². The van der Waals surface area contributed by atoms with E-state index in [4.69, 9.17) is 16.3 Å². The van der Waals surface area contributed by atoms with Crippen LogP contribution in [0.25, 0.3) is 0 Å². The summed E-state index contributed by atoms with van der Waals surface area (Å²) in [4.78, 5) is 12.5. The Hall–Kier alpha value is -1.99. The second kappa shape index (κ2) is 8.21. The van der Waals surface area contributed by atoms with Crippen molar-refractivity contribution in [3.05, 3.63) is 41.7 Å². The first-order valence-electron chi connectivity index (χ1n) is 7.28. The maximum atomic E-state index is 12.5. The van der Waals surface area contributed by atoms with Crippen molar-refractivity contribution in [1.29, 1.82) is 0 Å². The molecule has 24 heavy (non-hydrogen) atoms. The fraction of sp³-hybridized carbons (Fsp3) is 0.312. The Morgan fingerprint density at radius 1 is 1.54 bits per heavy atom. The van der Waals surface area contributed by atoms with Crippen molar-refractivity contribution < 1.29 is 9.53 Å². The van der Waals surface area contributed by atoms with Crippen molar-refractivity contribution in [1.82, 2.24) is 14.8 Å². The maximum absolute atomic E-state index is 12.5. The Morgan fingerprint density at radius 3 is 2.96 bits per heavy atom. The van der Waals surface area contributed by atoms with Crippen molar-refractivity contribution in [3.63, 3.8) is 0 Å². The van der Waals surface area contributed by atoms with Gasteiger partial charge in [-0.1, -0.05) is 29.4 Å². The normalized spacial score (nSPS) is 11.8. The number of aryl methyl sites for hydroxylation is 1. The van der Waals surface area contributed by atoms with Gasteiger partial charge >= 0.3 is 0 Å². The van der Waals surface area contributed by atoms with Crippen LogP contribution in [-0.2, 0) is 11.3 Å². The largest absolute Gasteiger partial charge is 0.495 e. The standard InChI is InChI=1S/C16H19ClN4O2S/c1-5-8-21-11(3)19-20-16(21)24-10(2)15(22)18-13-9-12(17)6-7-14(13)23-4/h5-7,9-10H,1,8H2,2-4H3,(H,18,22). The molecule has 0 aliphatic carbocycles. The summed E-state index contributed by atoms with van der Waals surface area (Å²) < 4.78 is 7.14. The number of benzene rings is 1. The minimum atomic E-state index is -0.374. The number of nitrogens with one attached hydrogen (secondary N) is 1. The van der Waals surface area contributed by atoms with Crippen molar-refractivity contribution >= 4 is 35.0 Å². The van der Waals surface area contributed by atoms with Gasteiger partial charge in [0.25, 0.3) is 0 Å². The van der Waals surface area contributed by atoms with Crippen LogP contribution in [0.1, 0.15) is 12.7 Å². The maximum Gasteiger partial charge on any atom is 0.237 e. The van der Waals surface area contributed by atoms with Gasteiger partial charge in [-0.15, -0.1) is 16.8 Å². The van der Waals surface area contributed by atoms with E-state index in [1.807, 2.05) is 11.5 Å². The molecule has 6 nitrogen and oxygen atoms in total. The molecular formula is C16H19ClN4O2S. The fourth-order valence-electron chi connectivity index (χ4n) is 2.01. The van der Waals surface area contributed by atoms with Gasteiger partial charge in [0.15, 0.2) is 5.16 Å². The molecule has 8 heteroatoms. The van der Waals surface area contributed by atoms with Crippen LogP contribution >= 0.6 is 23.4 Å². The van der Waals surface area contributed by atoms with Crippen LogP contribution in [0, 0.1) is 6.92 Å². The Morgan fingerprint density at radius 2 is 2.29 bits per heavy atom. The van der Waals surface area contributed by atoms with E-state index in [-0.39, 0.29) is 11.2 Å². The zero-order valence-corrected chi connectivity index (χ0v) is 15.3. The van der Waals surface area contributed by atoms with Crippen molar-refractivity contribution in [2.45, 2.75) is 30.8 Å². The molecule has 2 rings (SSSR count). The van der Waals surface area contributed by atoms with Gasteiger partial charge in [0, 0.05) is 11.6 Å². The lowest BCUT2D eigenvalue weighted by atomic mass is 10.3. The first-order valence-corrected chi connectivity index (χ1v) is 8.53. The third-order valence-corrected chi connectivity index (χ3v) is 4.60. The van der Waals surface area contributed by atoms with E-state index in [2.05, 4.69) is 22.1 Å². The molecule has 1 aromatic heterocycles. The molecule has 128 valence electrons. The van der Waals surface area contributed by atoms with Crippen LogP contribution in [0.3, 0.4) is 0 Å². The van der Waals surface area contributed by atoms with E-state index < -0.39 is 0 Å². The number of allylic oxidation sites excluding steroid dienone is 1. The summed E-state index contributed by atoms with van der Waals surface area (Å²) in [5.41, 5.74) is 0.534. The SMILES string of the molecule is C=CCn1c(C)nnc1SC(C)C(=O)Nc1cc(Cl)ccc1OC. The van der Waals surface area contributed by atoms with E-state index in [9.17, 15) is 4.79 Å². The number of hydrogen-bond donors (Lipinski definition) is 1. The zero-order valence-electron chi connectivity index (χ0n) is 13.7. The van der Waals surface area contributed by atoms with Gasteiger partial charge in [-0.05, 0) is 32.0 Å². The number of halogens is 1. The van der Waals surface area contributed by atoms with Gasteiger partial charge in [-0.2, -0.15) is 0 Å². The number of methoxy groups -OCH3 is 1. The number of carbonyl (C=O) groups is 1. The first kappa shape index (κ1) is 18.4. The predicted molar refractivity (Wildman–Crippen MR) is 96.9 cm³/mol. The monoisotopic (exact) mass is 366 g/mol. The highest BCUT2D eigenvalue weighted by Gasteiger charge is 2.20. The summed E-state index contributed by atoms with van der Waals surface area (Å²) >= 11 is 7.31. The highest BCUT2D eigenvalue weighted by molar-refractivity contribution is 8.00. The van der Waals surface area contributed by atoms with E-state index in [1.165, 1.54) is 18.9 Å². The van der Waals surface area contributed by atoms with Crippen LogP contribution in [0.15, 0.2) is 36.0 Å². The minimum Gasteiger partial charge on any atom is -0.495 e. The molecule has 1 amide bonds. The van der Waals surface area contributed by atoms with Gasteiger partial charge in [0.1, 0.15) is 11.6 Å². The molecule has 0 bridgehead atoms. The summed E-state index contributed by atoms with van der Waals surface area (Å²) in [5.74, 6) is 1.16. The van der Waals surface area contributed by atoms with Gasteiger partial charge in [0.05, 0.1) is 18.0 Å². The van der Waals surface area contributed by atoms with Crippen molar-refractivity contribution in [3.8, 4) is 5.75 Å². The van der Waals surface area contributed by atoms with E-state index in [0.29, 0.717) is 28.2 Å². The number of nitrogens with zero attached hydrogens (tertiary/aromatic N) is 3. The Bertz CT molecular complexity index is 748.